The molecule has 0 aliphatic heterocycles. The minimum atomic E-state index is -0.102. The molecule has 0 atom stereocenters. The number of hydrogen-bond donors (Lipinski definition) is 0. The van der Waals surface area contributed by atoms with Gasteiger partial charge in [0, 0.05) is 10.0 Å². The number of carbonyl (C=O) groups excluding carboxylic acids is 1. The molecule has 0 unspecified atom stereocenters. The van der Waals surface area contributed by atoms with Crippen LogP contribution in [-0.4, -0.2) is 18.5 Å². The van der Waals surface area contributed by atoms with E-state index in [-0.39, 0.29) is 18.5 Å². The summed E-state index contributed by atoms with van der Waals surface area (Å²) in [5.74, 6) is -0.102. The predicted octanol–water partition coefficient (Wildman–Crippen LogP) is 3.71. The molecule has 0 N–H and O–H groups in total. The largest absolute Gasteiger partial charge is 0.371 e. The van der Waals surface area contributed by atoms with Gasteiger partial charge in [0.2, 0.25) is 0 Å². The number of ketones is 1. The Morgan fingerprint density at radius 3 is 2.80 bits per heavy atom. The first-order chi connectivity index (χ1) is 7.02. The molecule has 0 fully saturated rings. The summed E-state index contributed by atoms with van der Waals surface area (Å²) in [7, 11) is 0. The number of Topliss-reactive ketones (excluding diaryl/α,β-unsaturated/α-hetero) is 1. The third-order valence-corrected chi connectivity index (χ3v) is 3.10. The smallest absolute Gasteiger partial charge is 0.190 e. The molecule has 0 saturated heterocycles. The lowest BCUT2D eigenvalue weighted by atomic mass is 10.1. The van der Waals surface area contributed by atoms with E-state index in [9.17, 15) is 4.79 Å². The first-order valence-corrected chi connectivity index (χ1v) is 5.78. The summed E-state index contributed by atoms with van der Waals surface area (Å²) in [5.41, 5.74) is 0.492. The number of benzene rings is 1. The second-order valence-corrected chi connectivity index (χ2v) is 4.62. The fourth-order valence-corrected chi connectivity index (χ4v) is 1.64. The molecular formula is C11H12BrClO2. The fraction of sp³-hybridized carbons (Fsp3) is 0.364. The monoisotopic (exact) mass is 290 g/mol. The van der Waals surface area contributed by atoms with Crippen LogP contribution in [0.3, 0.4) is 0 Å². The van der Waals surface area contributed by atoms with Crippen LogP contribution in [0.1, 0.15) is 24.2 Å². The van der Waals surface area contributed by atoms with E-state index < -0.39 is 0 Å². The van der Waals surface area contributed by atoms with Crippen LogP contribution in [0, 0.1) is 0 Å². The lowest BCUT2D eigenvalue weighted by Crippen LogP contribution is -2.13. The maximum atomic E-state index is 11.7. The molecule has 0 spiro atoms. The summed E-state index contributed by atoms with van der Waals surface area (Å²) in [5, 5.41) is 0.440. The van der Waals surface area contributed by atoms with Gasteiger partial charge in [-0.25, -0.2) is 0 Å². The Morgan fingerprint density at radius 2 is 2.20 bits per heavy atom. The lowest BCUT2D eigenvalue weighted by Gasteiger charge is -2.08. The molecule has 1 aromatic carbocycles. The van der Waals surface area contributed by atoms with Crippen LogP contribution in [0.15, 0.2) is 22.7 Å². The Kier molecular flexibility index (Phi) is 4.77. The Labute approximate surface area is 103 Å². The van der Waals surface area contributed by atoms with E-state index in [0.29, 0.717) is 10.6 Å². The number of ether oxygens (including phenoxy) is 1. The third-order valence-electron chi connectivity index (χ3n) is 1.80. The van der Waals surface area contributed by atoms with Crippen molar-refractivity contribution in [2.75, 3.05) is 6.61 Å². The highest BCUT2D eigenvalue weighted by Crippen LogP contribution is 2.26. The van der Waals surface area contributed by atoms with Gasteiger partial charge in [-0.3, -0.25) is 4.79 Å². The highest BCUT2D eigenvalue weighted by atomic mass is 79.9. The molecule has 1 aromatic rings. The summed E-state index contributed by atoms with van der Waals surface area (Å²) >= 11 is 9.25. The highest BCUT2D eigenvalue weighted by Gasteiger charge is 2.12. The van der Waals surface area contributed by atoms with E-state index in [2.05, 4.69) is 15.9 Å². The fourth-order valence-electron chi connectivity index (χ4n) is 1.04. The van der Waals surface area contributed by atoms with Crippen LogP contribution < -0.4 is 0 Å². The Balaban J connectivity index is 2.78. The lowest BCUT2D eigenvalue weighted by molar-refractivity contribution is 0.0585. The second kappa shape index (κ2) is 5.64. The van der Waals surface area contributed by atoms with Crippen molar-refractivity contribution in [2.24, 2.45) is 0 Å². The highest BCUT2D eigenvalue weighted by molar-refractivity contribution is 9.10. The Bertz CT molecular complexity index is 364. The van der Waals surface area contributed by atoms with E-state index in [1.165, 1.54) is 0 Å². The van der Waals surface area contributed by atoms with Crippen molar-refractivity contribution in [1.29, 1.82) is 0 Å². The van der Waals surface area contributed by atoms with Gasteiger partial charge in [0.1, 0.15) is 6.61 Å². The Hall–Kier alpha value is -0.380. The van der Waals surface area contributed by atoms with Crippen molar-refractivity contribution in [3.05, 3.63) is 33.3 Å². The SMILES string of the molecule is CC(C)OCC(=O)c1cccc(Br)c1Cl. The summed E-state index contributed by atoms with van der Waals surface area (Å²) in [6, 6.07) is 5.26. The van der Waals surface area contributed by atoms with Crippen molar-refractivity contribution in [1.82, 2.24) is 0 Å². The van der Waals surface area contributed by atoms with Crippen molar-refractivity contribution in [2.45, 2.75) is 20.0 Å². The quantitative estimate of drug-likeness (QED) is 0.791. The number of hydrogen-bond acceptors (Lipinski definition) is 2. The molecule has 0 amide bonds. The third kappa shape index (κ3) is 3.59. The van der Waals surface area contributed by atoms with Crippen LogP contribution >= 0.6 is 27.5 Å². The molecular weight excluding hydrogens is 279 g/mol. The van der Waals surface area contributed by atoms with E-state index >= 15 is 0 Å². The molecule has 2 nitrogen and oxygen atoms in total. The minimum Gasteiger partial charge on any atom is -0.371 e. The minimum absolute atomic E-state index is 0.0416. The van der Waals surface area contributed by atoms with Gasteiger partial charge in [-0.2, -0.15) is 0 Å². The zero-order chi connectivity index (χ0) is 11.4. The average Bonchev–Trinajstić information content (AvgIpc) is 2.18. The normalized spacial score (nSPS) is 10.7. The van der Waals surface area contributed by atoms with Crippen LogP contribution in [0.25, 0.3) is 0 Å². The number of carbonyl (C=O) groups is 1. The molecule has 1 rings (SSSR count). The summed E-state index contributed by atoms with van der Waals surface area (Å²) in [6.45, 7) is 3.83. The Morgan fingerprint density at radius 1 is 1.53 bits per heavy atom. The maximum Gasteiger partial charge on any atom is 0.190 e. The molecule has 0 aromatic heterocycles. The van der Waals surface area contributed by atoms with Gasteiger partial charge in [0.05, 0.1) is 11.1 Å². The molecule has 15 heavy (non-hydrogen) atoms. The van der Waals surface area contributed by atoms with Gasteiger partial charge in [0.25, 0.3) is 0 Å². The number of halogens is 2. The van der Waals surface area contributed by atoms with E-state index in [4.69, 9.17) is 16.3 Å². The van der Waals surface area contributed by atoms with Gasteiger partial charge in [0.15, 0.2) is 5.78 Å². The van der Waals surface area contributed by atoms with Crippen molar-refractivity contribution >= 4 is 33.3 Å². The summed E-state index contributed by atoms with van der Waals surface area (Å²) in [4.78, 5) is 11.7. The predicted molar refractivity (Wildman–Crippen MR) is 64.6 cm³/mol. The molecule has 0 aliphatic carbocycles. The molecule has 0 heterocycles. The zero-order valence-corrected chi connectivity index (χ0v) is 10.9. The summed E-state index contributed by atoms with van der Waals surface area (Å²) in [6.07, 6.45) is 0.0416. The molecule has 4 heteroatoms. The molecule has 0 aliphatic rings. The first kappa shape index (κ1) is 12.7. The maximum absolute atomic E-state index is 11.7. The van der Waals surface area contributed by atoms with E-state index in [1.54, 1.807) is 18.2 Å². The van der Waals surface area contributed by atoms with Gasteiger partial charge < -0.3 is 4.74 Å². The first-order valence-electron chi connectivity index (χ1n) is 4.61. The van der Waals surface area contributed by atoms with Crippen LogP contribution in [0.4, 0.5) is 0 Å². The molecule has 0 bridgehead atoms. The van der Waals surface area contributed by atoms with Crippen LogP contribution in [-0.2, 0) is 4.74 Å². The zero-order valence-electron chi connectivity index (χ0n) is 8.59. The van der Waals surface area contributed by atoms with E-state index in [0.717, 1.165) is 4.47 Å². The number of rotatable bonds is 4. The second-order valence-electron chi connectivity index (χ2n) is 3.38. The van der Waals surface area contributed by atoms with Gasteiger partial charge in [-0.15, -0.1) is 0 Å². The van der Waals surface area contributed by atoms with Gasteiger partial charge in [-0.1, -0.05) is 17.7 Å². The summed E-state index contributed by atoms with van der Waals surface area (Å²) < 4.78 is 5.95. The van der Waals surface area contributed by atoms with Crippen molar-refractivity contribution in [3.63, 3.8) is 0 Å². The van der Waals surface area contributed by atoms with Crippen LogP contribution in [0.5, 0.6) is 0 Å². The van der Waals surface area contributed by atoms with Gasteiger partial charge >= 0.3 is 0 Å². The van der Waals surface area contributed by atoms with E-state index in [1.807, 2.05) is 13.8 Å². The standard InChI is InChI=1S/C11H12BrClO2/c1-7(2)15-6-10(14)8-4-3-5-9(12)11(8)13/h3-5,7H,6H2,1-2H3. The molecule has 82 valence electrons. The molecule has 0 radical (unpaired) electrons. The molecule has 0 saturated carbocycles. The van der Waals surface area contributed by atoms with Gasteiger partial charge in [-0.05, 0) is 41.9 Å². The van der Waals surface area contributed by atoms with Crippen LogP contribution in [0.2, 0.25) is 5.02 Å². The van der Waals surface area contributed by atoms with Crippen molar-refractivity contribution in [3.8, 4) is 0 Å². The average molecular weight is 292 g/mol. The topological polar surface area (TPSA) is 26.3 Å². The van der Waals surface area contributed by atoms with Crippen molar-refractivity contribution < 1.29 is 9.53 Å².